The number of rotatable bonds is 9. The molecule has 0 spiro atoms. The zero-order valence-electron chi connectivity index (χ0n) is 17.2. The standard InChI is InChI=1S/C21H36N4O2/c1-22-21(23-12-8-16-25-14-6-4-5-7-15-25)24-13-11-18-17-19(26-2)9-10-20(18)27-3/h9-10,17H,4-8,11-16H2,1-3H3,(H2,22,23,24). The van der Waals surface area contributed by atoms with E-state index in [1.54, 1.807) is 14.2 Å². The molecule has 1 saturated heterocycles. The Morgan fingerprint density at radius 1 is 1.04 bits per heavy atom. The Kier molecular flexibility index (Phi) is 9.84. The first-order chi connectivity index (χ1) is 13.3. The Hall–Kier alpha value is -1.95. The number of hydrogen-bond donors (Lipinski definition) is 2. The van der Waals surface area contributed by atoms with Crippen molar-refractivity contribution in [1.82, 2.24) is 15.5 Å². The summed E-state index contributed by atoms with van der Waals surface area (Å²) in [6.07, 6.45) is 7.47. The van der Waals surface area contributed by atoms with Gasteiger partial charge in [-0.05, 0) is 69.1 Å². The SMILES string of the molecule is CN=C(NCCCN1CCCCCC1)NCCc1cc(OC)ccc1OC. The Balaban J connectivity index is 1.68. The second kappa shape index (κ2) is 12.4. The lowest BCUT2D eigenvalue weighted by Crippen LogP contribution is -2.39. The van der Waals surface area contributed by atoms with Gasteiger partial charge in [-0.3, -0.25) is 4.99 Å². The molecule has 1 aliphatic heterocycles. The summed E-state index contributed by atoms with van der Waals surface area (Å²) in [7, 11) is 5.20. The van der Waals surface area contributed by atoms with Gasteiger partial charge in [-0.15, -0.1) is 0 Å². The van der Waals surface area contributed by atoms with Crippen LogP contribution in [0.3, 0.4) is 0 Å². The molecule has 2 rings (SSSR count). The lowest BCUT2D eigenvalue weighted by Gasteiger charge is -2.20. The predicted molar refractivity (Wildman–Crippen MR) is 112 cm³/mol. The van der Waals surface area contributed by atoms with Gasteiger partial charge in [-0.1, -0.05) is 12.8 Å². The van der Waals surface area contributed by atoms with E-state index < -0.39 is 0 Å². The molecule has 1 fully saturated rings. The number of benzene rings is 1. The molecular formula is C21H36N4O2. The van der Waals surface area contributed by atoms with E-state index in [4.69, 9.17) is 9.47 Å². The quantitative estimate of drug-likeness (QED) is 0.394. The number of guanidine groups is 1. The van der Waals surface area contributed by atoms with Crippen molar-refractivity contribution in [2.75, 3.05) is 54.0 Å². The fourth-order valence-corrected chi connectivity index (χ4v) is 3.48. The molecule has 1 heterocycles. The summed E-state index contributed by atoms with van der Waals surface area (Å²) < 4.78 is 10.8. The van der Waals surface area contributed by atoms with E-state index in [1.807, 2.05) is 25.2 Å². The first-order valence-electron chi connectivity index (χ1n) is 10.1. The first-order valence-corrected chi connectivity index (χ1v) is 10.1. The summed E-state index contributed by atoms with van der Waals surface area (Å²) in [6.45, 7) is 5.42. The van der Waals surface area contributed by atoms with E-state index in [2.05, 4.69) is 20.5 Å². The molecule has 1 aliphatic rings. The number of hydrogen-bond acceptors (Lipinski definition) is 4. The molecule has 0 bridgehead atoms. The first kappa shape index (κ1) is 21.4. The van der Waals surface area contributed by atoms with E-state index in [0.717, 1.165) is 49.0 Å². The Morgan fingerprint density at radius 2 is 1.78 bits per heavy atom. The molecule has 27 heavy (non-hydrogen) atoms. The lowest BCUT2D eigenvalue weighted by atomic mass is 10.1. The molecule has 6 heteroatoms. The van der Waals surface area contributed by atoms with Crippen LogP contribution in [0.15, 0.2) is 23.2 Å². The number of ether oxygens (including phenoxy) is 2. The van der Waals surface area contributed by atoms with Crippen LogP contribution >= 0.6 is 0 Å². The average molecular weight is 377 g/mol. The second-order valence-corrected chi connectivity index (χ2v) is 6.96. The van der Waals surface area contributed by atoms with E-state index in [9.17, 15) is 0 Å². The number of nitrogens with zero attached hydrogens (tertiary/aromatic N) is 2. The van der Waals surface area contributed by atoms with Crippen molar-refractivity contribution in [1.29, 1.82) is 0 Å². The monoisotopic (exact) mass is 376 g/mol. The van der Waals surface area contributed by atoms with Crippen LogP contribution in [-0.4, -0.2) is 64.9 Å². The minimum absolute atomic E-state index is 0.787. The third-order valence-corrected chi connectivity index (χ3v) is 5.04. The van der Waals surface area contributed by atoms with Gasteiger partial charge in [0, 0.05) is 20.1 Å². The molecular weight excluding hydrogens is 340 g/mol. The molecule has 0 atom stereocenters. The van der Waals surface area contributed by atoms with Crippen molar-refractivity contribution >= 4 is 5.96 Å². The fourth-order valence-electron chi connectivity index (χ4n) is 3.48. The van der Waals surface area contributed by atoms with Crippen LogP contribution in [0.5, 0.6) is 11.5 Å². The van der Waals surface area contributed by atoms with Crippen LogP contribution in [0.25, 0.3) is 0 Å². The summed E-state index contributed by atoms with van der Waals surface area (Å²) in [6, 6.07) is 5.89. The van der Waals surface area contributed by atoms with Crippen LogP contribution in [0, 0.1) is 0 Å². The Bertz CT molecular complexity index is 569. The van der Waals surface area contributed by atoms with Crippen molar-refractivity contribution in [2.24, 2.45) is 4.99 Å². The number of methoxy groups -OCH3 is 2. The average Bonchev–Trinajstić information content (AvgIpc) is 2.98. The minimum atomic E-state index is 0.787. The van der Waals surface area contributed by atoms with Gasteiger partial charge in [0.05, 0.1) is 14.2 Å². The van der Waals surface area contributed by atoms with Crippen LogP contribution in [0.2, 0.25) is 0 Å². The minimum Gasteiger partial charge on any atom is -0.497 e. The van der Waals surface area contributed by atoms with E-state index in [-0.39, 0.29) is 0 Å². The van der Waals surface area contributed by atoms with Gasteiger partial charge in [0.1, 0.15) is 11.5 Å². The number of aliphatic imine (C=N–C) groups is 1. The molecule has 0 aliphatic carbocycles. The highest BCUT2D eigenvalue weighted by Gasteiger charge is 2.08. The summed E-state index contributed by atoms with van der Waals surface area (Å²) in [5.74, 6) is 2.59. The van der Waals surface area contributed by atoms with E-state index in [1.165, 1.54) is 45.3 Å². The molecule has 1 aromatic carbocycles. The maximum atomic E-state index is 5.44. The third kappa shape index (κ3) is 7.67. The molecule has 1 aromatic rings. The summed E-state index contributed by atoms with van der Waals surface area (Å²) in [5.41, 5.74) is 1.13. The maximum Gasteiger partial charge on any atom is 0.190 e. The molecule has 0 radical (unpaired) electrons. The topological polar surface area (TPSA) is 58.1 Å². The van der Waals surface area contributed by atoms with Gasteiger partial charge in [0.25, 0.3) is 0 Å². The molecule has 6 nitrogen and oxygen atoms in total. The van der Waals surface area contributed by atoms with Gasteiger partial charge in [-0.25, -0.2) is 0 Å². The molecule has 152 valence electrons. The molecule has 2 N–H and O–H groups in total. The van der Waals surface area contributed by atoms with Crippen LogP contribution in [-0.2, 0) is 6.42 Å². The van der Waals surface area contributed by atoms with Gasteiger partial charge < -0.3 is 25.0 Å². The van der Waals surface area contributed by atoms with Crippen LogP contribution in [0.1, 0.15) is 37.7 Å². The van der Waals surface area contributed by atoms with Gasteiger partial charge in [0.15, 0.2) is 5.96 Å². The summed E-state index contributed by atoms with van der Waals surface area (Å²) in [5, 5.41) is 6.80. The predicted octanol–water partition coefficient (Wildman–Crippen LogP) is 2.68. The van der Waals surface area contributed by atoms with E-state index >= 15 is 0 Å². The Labute approximate surface area is 164 Å². The summed E-state index contributed by atoms with van der Waals surface area (Å²) in [4.78, 5) is 6.92. The van der Waals surface area contributed by atoms with Gasteiger partial charge >= 0.3 is 0 Å². The Morgan fingerprint density at radius 3 is 2.44 bits per heavy atom. The fraction of sp³-hybridized carbons (Fsp3) is 0.667. The molecule has 0 unspecified atom stereocenters. The smallest absolute Gasteiger partial charge is 0.190 e. The zero-order valence-corrected chi connectivity index (χ0v) is 17.2. The highest BCUT2D eigenvalue weighted by Crippen LogP contribution is 2.24. The van der Waals surface area contributed by atoms with Crippen molar-refractivity contribution < 1.29 is 9.47 Å². The van der Waals surface area contributed by atoms with Gasteiger partial charge in [-0.2, -0.15) is 0 Å². The molecule has 0 amide bonds. The van der Waals surface area contributed by atoms with Crippen molar-refractivity contribution in [3.05, 3.63) is 23.8 Å². The van der Waals surface area contributed by atoms with Crippen LogP contribution < -0.4 is 20.1 Å². The highest BCUT2D eigenvalue weighted by molar-refractivity contribution is 5.79. The van der Waals surface area contributed by atoms with Crippen molar-refractivity contribution in [2.45, 2.75) is 38.5 Å². The maximum absolute atomic E-state index is 5.44. The highest BCUT2D eigenvalue weighted by atomic mass is 16.5. The van der Waals surface area contributed by atoms with Crippen molar-refractivity contribution in [3.63, 3.8) is 0 Å². The normalized spacial score (nSPS) is 15.9. The van der Waals surface area contributed by atoms with Gasteiger partial charge in [0.2, 0.25) is 0 Å². The summed E-state index contributed by atoms with van der Waals surface area (Å²) >= 11 is 0. The second-order valence-electron chi connectivity index (χ2n) is 6.96. The zero-order chi connectivity index (χ0) is 19.3. The van der Waals surface area contributed by atoms with E-state index in [0.29, 0.717) is 0 Å². The van der Waals surface area contributed by atoms with Crippen LogP contribution in [0.4, 0.5) is 0 Å². The third-order valence-electron chi connectivity index (χ3n) is 5.04. The number of likely N-dealkylation sites (tertiary alicyclic amines) is 1. The lowest BCUT2D eigenvalue weighted by molar-refractivity contribution is 0.282. The largest absolute Gasteiger partial charge is 0.497 e. The molecule has 0 aromatic heterocycles. The number of nitrogens with one attached hydrogen (secondary N) is 2. The van der Waals surface area contributed by atoms with Crippen molar-refractivity contribution in [3.8, 4) is 11.5 Å². The molecule has 0 saturated carbocycles.